The number of alkyl halides is 3. The SMILES string of the molecule is CNc1nc(Nc2cc(C)ccc2C)cc(C(F)(F)F)n1. The molecule has 2 rings (SSSR count). The summed E-state index contributed by atoms with van der Waals surface area (Å²) < 4.78 is 38.5. The molecule has 0 bridgehead atoms. The summed E-state index contributed by atoms with van der Waals surface area (Å²) >= 11 is 0. The van der Waals surface area contributed by atoms with Crippen molar-refractivity contribution in [3.05, 3.63) is 41.1 Å². The molecule has 2 aromatic rings. The number of halogens is 3. The second-order valence-electron chi connectivity index (χ2n) is 4.65. The van der Waals surface area contributed by atoms with E-state index in [4.69, 9.17) is 0 Å². The molecule has 0 unspecified atom stereocenters. The van der Waals surface area contributed by atoms with Gasteiger partial charge in [0.25, 0.3) is 0 Å². The fourth-order valence-electron chi connectivity index (χ4n) is 1.78. The van der Waals surface area contributed by atoms with Crippen LogP contribution in [0.25, 0.3) is 0 Å². The minimum absolute atomic E-state index is 0.0855. The molecule has 21 heavy (non-hydrogen) atoms. The molecule has 7 heteroatoms. The Hall–Kier alpha value is -2.31. The van der Waals surface area contributed by atoms with Gasteiger partial charge in [0.05, 0.1) is 0 Å². The van der Waals surface area contributed by atoms with Crippen LogP contribution >= 0.6 is 0 Å². The lowest BCUT2D eigenvalue weighted by Crippen LogP contribution is -2.12. The molecule has 0 amide bonds. The summed E-state index contributed by atoms with van der Waals surface area (Å²) in [4.78, 5) is 7.42. The molecule has 112 valence electrons. The summed E-state index contributed by atoms with van der Waals surface area (Å²) in [5, 5.41) is 5.44. The maximum atomic E-state index is 12.8. The predicted octanol–water partition coefficient (Wildman–Crippen LogP) is 3.90. The van der Waals surface area contributed by atoms with Crippen LogP contribution in [-0.2, 0) is 6.18 Å². The van der Waals surface area contributed by atoms with Gasteiger partial charge in [-0.1, -0.05) is 12.1 Å². The van der Waals surface area contributed by atoms with Crippen LogP contribution in [0.15, 0.2) is 24.3 Å². The van der Waals surface area contributed by atoms with Crippen molar-refractivity contribution < 1.29 is 13.2 Å². The molecule has 4 nitrogen and oxygen atoms in total. The number of hydrogen-bond acceptors (Lipinski definition) is 4. The fraction of sp³-hybridized carbons (Fsp3) is 0.286. The molecule has 1 aromatic heterocycles. The smallest absolute Gasteiger partial charge is 0.357 e. The molecule has 0 spiro atoms. The third kappa shape index (κ3) is 3.62. The topological polar surface area (TPSA) is 49.8 Å². The van der Waals surface area contributed by atoms with E-state index in [0.717, 1.165) is 17.2 Å². The summed E-state index contributed by atoms with van der Waals surface area (Å²) in [6.07, 6.45) is -4.52. The number of aryl methyl sites for hydroxylation is 2. The van der Waals surface area contributed by atoms with Gasteiger partial charge in [0.1, 0.15) is 5.82 Å². The van der Waals surface area contributed by atoms with Crippen molar-refractivity contribution in [1.29, 1.82) is 0 Å². The molecule has 1 aromatic carbocycles. The summed E-state index contributed by atoms with van der Waals surface area (Å²) in [6, 6.07) is 6.57. The monoisotopic (exact) mass is 296 g/mol. The zero-order chi connectivity index (χ0) is 15.6. The number of aromatic nitrogens is 2. The van der Waals surface area contributed by atoms with E-state index in [1.54, 1.807) is 0 Å². The molecule has 2 N–H and O–H groups in total. The quantitative estimate of drug-likeness (QED) is 0.902. The van der Waals surface area contributed by atoms with E-state index in [1.165, 1.54) is 7.05 Å². The van der Waals surface area contributed by atoms with Crippen molar-refractivity contribution in [2.45, 2.75) is 20.0 Å². The van der Waals surface area contributed by atoms with Crippen LogP contribution < -0.4 is 10.6 Å². The molecule has 0 aliphatic heterocycles. The zero-order valence-electron chi connectivity index (χ0n) is 11.8. The minimum Gasteiger partial charge on any atom is -0.357 e. The molecular formula is C14H15F3N4. The number of anilines is 3. The maximum Gasteiger partial charge on any atom is 0.433 e. The Morgan fingerprint density at radius 2 is 1.76 bits per heavy atom. The molecule has 0 atom stereocenters. The van der Waals surface area contributed by atoms with Gasteiger partial charge in [0, 0.05) is 18.8 Å². The van der Waals surface area contributed by atoms with Crippen LogP contribution in [0.2, 0.25) is 0 Å². The molecule has 0 aliphatic rings. The summed E-state index contributed by atoms with van der Waals surface area (Å²) in [7, 11) is 1.47. The summed E-state index contributed by atoms with van der Waals surface area (Å²) in [5.41, 5.74) is 1.64. The first-order valence-corrected chi connectivity index (χ1v) is 6.28. The number of hydrogen-bond donors (Lipinski definition) is 2. The Balaban J connectivity index is 2.42. The van der Waals surface area contributed by atoms with Crippen molar-refractivity contribution in [2.75, 3.05) is 17.7 Å². The van der Waals surface area contributed by atoms with Gasteiger partial charge in [-0.15, -0.1) is 0 Å². The average Bonchev–Trinajstić information content (AvgIpc) is 2.41. The normalized spacial score (nSPS) is 11.3. The largest absolute Gasteiger partial charge is 0.433 e. The lowest BCUT2D eigenvalue weighted by molar-refractivity contribution is -0.141. The highest BCUT2D eigenvalue weighted by molar-refractivity contribution is 5.62. The van der Waals surface area contributed by atoms with Crippen LogP contribution in [-0.4, -0.2) is 17.0 Å². The Bertz CT molecular complexity index is 653. The molecule has 0 saturated heterocycles. The average molecular weight is 296 g/mol. The van der Waals surface area contributed by atoms with Gasteiger partial charge in [-0.2, -0.15) is 18.2 Å². The lowest BCUT2D eigenvalue weighted by Gasteiger charge is -2.13. The van der Waals surface area contributed by atoms with Crippen LogP contribution in [0.1, 0.15) is 16.8 Å². The molecule has 0 aliphatic carbocycles. The molecule has 0 fully saturated rings. The van der Waals surface area contributed by atoms with Crippen molar-refractivity contribution in [3.8, 4) is 0 Å². The highest BCUT2D eigenvalue weighted by atomic mass is 19.4. The Labute approximate surface area is 120 Å². The maximum absolute atomic E-state index is 12.8. The number of nitrogens with one attached hydrogen (secondary N) is 2. The van der Waals surface area contributed by atoms with Gasteiger partial charge < -0.3 is 10.6 Å². The van der Waals surface area contributed by atoms with Gasteiger partial charge in [-0.05, 0) is 31.0 Å². The minimum atomic E-state index is -4.52. The van der Waals surface area contributed by atoms with Crippen LogP contribution in [0.3, 0.4) is 0 Å². The highest BCUT2D eigenvalue weighted by Gasteiger charge is 2.33. The van der Waals surface area contributed by atoms with Gasteiger partial charge in [0.15, 0.2) is 5.69 Å². The van der Waals surface area contributed by atoms with E-state index >= 15 is 0 Å². The summed E-state index contributed by atoms with van der Waals surface area (Å²) in [5.74, 6) is 0.00741. The standard InChI is InChI=1S/C14H15F3N4/c1-8-4-5-9(2)10(6-8)19-12-7-11(14(15,16)17)20-13(18-3)21-12/h4-7H,1-3H3,(H2,18,19,20,21). The van der Waals surface area contributed by atoms with Crippen molar-refractivity contribution in [3.63, 3.8) is 0 Å². The van der Waals surface area contributed by atoms with Gasteiger partial charge in [-0.25, -0.2) is 4.98 Å². The Kier molecular flexibility index (Phi) is 4.02. The second-order valence-corrected chi connectivity index (χ2v) is 4.65. The van der Waals surface area contributed by atoms with Gasteiger partial charge >= 0.3 is 6.18 Å². The van der Waals surface area contributed by atoms with Crippen molar-refractivity contribution >= 4 is 17.5 Å². The number of rotatable bonds is 3. The Morgan fingerprint density at radius 1 is 1.05 bits per heavy atom. The van der Waals surface area contributed by atoms with Crippen molar-refractivity contribution in [1.82, 2.24) is 9.97 Å². The first-order valence-electron chi connectivity index (χ1n) is 6.28. The third-order valence-electron chi connectivity index (χ3n) is 2.90. The molecule has 0 saturated carbocycles. The molecular weight excluding hydrogens is 281 g/mol. The molecule has 1 heterocycles. The van der Waals surface area contributed by atoms with Gasteiger partial charge in [-0.3, -0.25) is 0 Å². The second kappa shape index (κ2) is 5.59. The third-order valence-corrected chi connectivity index (χ3v) is 2.90. The van der Waals surface area contributed by atoms with Crippen LogP contribution in [0.4, 0.5) is 30.6 Å². The number of benzene rings is 1. The lowest BCUT2D eigenvalue weighted by atomic mass is 10.1. The van der Waals surface area contributed by atoms with Crippen LogP contribution in [0.5, 0.6) is 0 Å². The molecule has 0 radical (unpaired) electrons. The first kappa shape index (κ1) is 15.1. The van der Waals surface area contributed by atoms with E-state index in [9.17, 15) is 13.2 Å². The summed E-state index contributed by atoms with van der Waals surface area (Å²) in [6.45, 7) is 3.78. The number of nitrogens with zero attached hydrogens (tertiary/aromatic N) is 2. The zero-order valence-corrected chi connectivity index (χ0v) is 11.8. The fourth-order valence-corrected chi connectivity index (χ4v) is 1.78. The van der Waals surface area contributed by atoms with Gasteiger partial charge in [0.2, 0.25) is 5.95 Å². The van der Waals surface area contributed by atoms with E-state index in [-0.39, 0.29) is 11.8 Å². The van der Waals surface area contributed by atoms with Crippen LogP contribution in [0, 0.1) is 13.8 Å². The van der Waals surface area contributed by atoms with E-state index in [2.05, 4.69) is 20.6 Å². The van der Waals surface area contributed by atoms with E-state index < -0.39 is 11.9 Å². The first-order chi connectivity index (χ1) is 9.79. The van der Waals surface area contributed by atoms with Crippen molar-refractivity contribution in [2.24, 2.45) is 0 Å². The van der Waals surface area contributed by atoms with E-state index in [1.807, 2.05) is 32.0 Å². The predicted molar refractivity (Wildman–Crippen MR) is 75.8 cm³/mol. The highest BCUT2D eigenvalue weighted by Crippen LogP contribution is 2.30. The Morgan fingerprint density at radius 3 is 2.38 bits per heavy atom. The van der Waals surface area contributed by atoms with E-state index in [0.29, 0.717) is 5.69 Å².